The van der Waals surface area contributed by atoms with Crippen molar-refractivity contribution < 1.29 is 27.7 Å². The number of aromatic nitrogens is 4. The smallest absolute Gasteiger partial charge is 0.263 e. The number of benzene rings is 2. The lowest BCUT2D eigenvalue weighted by Crippen LogP contribution is -2.17. The first-order valence-electron chi connectivity index (χ1n) is 12.0. The van der Waals surface area contributed by atoms with Crippen LogP contribution in [0.4, 0.5) is 5.82 Å². The first kappa shape index (κ1) is 27.7. The molecular formula is C27H29N5O6S. The summed E-state index contributed by atoms with van der Waals surface area (Å²) in [5.41, 5.74) is 0.438. The molecule has 12 heteroatoms. The zero-order chi connectivity index (χ0) is 28.0. The van der Waals surface area contributed by atoms with Crippen molar-refractivity contribution in [2.45, 2.75) is 31.1 Å². The van der Waals surface area contributed by atoms with Gasteiger partial charge in [0.05, 0.1) is 18.6 Å². The third kappa shape index (κ3) is 6.59. The lowest BCUT2D eigenvalue weighted by atomic mass is 9.92. The van der Waals surface area contributed by atoms with Gasteiger partial charge in [-0.2, -0.15) is 4.98 Å². The molecule has 0 radical (unpaired) electrons. The topological polar surface area (TPSA) is 146 Å². The molecule has 39 heavy (non-hydrogen) atoms. The number of aliphatic hydroxyl groups excluding tert-OH is 1. The highest BCUT2D eigenvalue weighted by Gasteiger charge is 2.26. The zero-order valence-electron chi connectivity index (χ0n) is 22.0. The van der Waals surface area contributed by atoms with Crippen molar-refractivity contribution in [1.82, 2.24) is 19.9 Å². The molecule has 0 saturated heterocycles. The van der Waals surface area contributed by atoms with Gasteiger partial charge in [0.1, 0.15) is 6.61 Å². The Hall–Kier alpha value is -4.29. The van der Waals surface area contributed by atoms with Gasteiger partial charge >= 0.3 is 0 Å². The molecule has 2 aromatic carbocycles. The van der Waals surface area contributed by atoms with E-state index in [1.54, 1.807) is 54.7 Å². The molecule has 4 rings (SSSR count). The molecule has 2 aromatic heterocycles. The molecule has 0 spiro atoms. The molecule has 11 nitrogen and oxygen atoms in total. The third-order valence-corrected chi connectivity index (χ3v) is 6.71. The van der Waals surface area contributed by atoms with E-state index in [-0.39, 0.29) is 58.4 Å². The van der Waals surface area contributed by atoms with Crippen molar-refractivity contribution in [3.05, 3.63) is 72.6 Å². The van der Waals surface area contributed by atoms with Crippen molar-refractivity contribution in [2.75, 3.05) is 25.0 Å². The number of hydrogen-bond acceptors (Lipinski definition) is 10. The van der Waals surface area contributed by atoms with Crippen LogP contribution in [0.15, 0.2) is 71.8 Å². The molecule has 0 unspecified atom stereocenters. The average Bonchev–Trinajstić information content (AvgIpc) is 2.93. The standard InChI is InChI=1S/C27H29N5O6S/c1-27(2,3)21-14-15-28-24(29-21)25-30-23(32-39(34,35)18-10-6-5-7-11-18)22(26(31-25)37-17-16-33)38-20-13-9-8-12-19(20)36-4/h5-15,33H,16-17H2,1-4H3,(H,30,31,32). The van der Waals surface area contributed by atoms with Crippen LogP contribution in [-0.4, -0.2) is 53.8 Å². The molecule has 0 fully saturated rings. The van der Waals surface area contributed by atoms with Crippen LogP contribution in [0.2, 0.25) is 0 Å². The Kier molecular flexibility index (Phi) is 8.27. The van der Waals surface area contributed by atoms with Crippen molar-refractivity contribution in [2.24, 2.45) is 0 Å². The van der Waals surface area contributed by atoms with Crippen molar-refractivity contribution in [3.8, 4) is 34.8 Å². The summed E-state index contributed by atoms with van der Waals surface area (Å²) in [6.45, 7) is 5.53. The van der Waals surface area contributed by atoms with E-state index in [4.69, 9.17) is 14.2 Å². The summed E-state index contributed by atoms with van der Waals surface area (Å²) in [6, 6.07) is 16.4. The second-order valence-corrected chi connectivity index (χ2v) is 11.0. The zero-order valence-corrected chi connectivity index (χ0v) is 22.8. The van der Waals surface area contributed by atoms with E-state index in [1.807, 2.05) is 20.8 Å². The number of para-hydroxylation sites is 2. The SMILES string of the molecule is COc1ccccc1Oc1c(NS(=O)(=O)c2ccccc2)nc(-c2nccc(C(C)(C)C)n2)nc1OCCO. The molecule has 0 atom stereocenters. The van der Waals surface area contributed by atoms with Gasteiger partial charge in [0, 0.05) is 17.3 Å². The molecule has 0 saturated carbocycles. The van der Waals surface area contributed by atoms with E-state index in [2.05, 4.69) is 24.7 Å². The lowest BCUT2D eigenvalue weighted by molar-refractivity contribution is 0.192. The number of methoxy groups -OCH3 is 1. The quantitative estimate of drug-likeness (QED) is 0.294. The largest absolute Gasteiger partial charge is 0.493 e. The second kappa shape index (κ2) is 11.6. The number of rotatable bonds is 10. The van der Waals surface area contributed by atoms with Gasteiger partial charge in [-0.3, -0.25) is 4.72 Å². The second-order valence-electron chi connectivity index (χ2n) is 9.29. The fourth-order valence-corrected chi connectivity index (χ4v) is 4.44. The Morgan fingerprint density at radius 3 is 2.26 bits per heavy atom. The van der Waals surface area contributed by atoms with Crippen LogP contribution < -0.4 is 18.9 Å². The molecule has 4 aromatic rings. The van der Waals surface area contributed by atoms with Gasteiger partial charge in [0.15, 0.2) is 23.1 Å². The Morgan fingerprint density at radius 2 is 1.59 bits per heavy atom. The number of sulfonamides is 1. The minimum atomic E-state index is -4.11. The lowest BCUT2D eigenvalue weighted by Gasteiger charge is -2.19. The van der Waals surface area contributed by atoms with Gasteiger partial charge in [0.25, 0.3) is 15.9 Å². The summed E-state index contributed by atoms with van der Waals surface area (Å²) in [5, 5.41) is 9.44. The molecule has 2 heterocycles. The average molecular weight is 552 g/mol. The molecule has 0 aliphatic rings. The van der Waals surface area contributed by atoms with Crippen molar-refractivity contribution in [1.29, 1.82) is 0 Å². The van der Waals surface area contributed by atoms with Crippen LogP contribution >= 0.6 is 0 Å². The predicted molar refractivity (Wildman–Crippen MR) is 145 cm³/mol. The molecule has 0 aliphatic heterocycles. The van der Waals surface area contributed by atoms with Gasteiger partial charge in [0.2, 0.25) is 11.6 Å². The summed E-state index contributed by atoms with van der Waals surface area (Å²) >= 11 is 0. The maximum Gasteiger partial charge on any atom is 0.263 e. The Labute approximate surface area is 226 Å². The number of nitrogens with zero attached hydrogens (tertiary/aromatic N) is 4. The van der Waals surface area contributed by atoms with E-state index < -0.39 is 10.0 Å². The van der Waals surface area contributed by atoms with Crippen LogP contribution in [0.5, 0.6) is 23.1 Å². The summed E-state index contributed by atoms with van der Waals surface area (Å²) in [5.74, 6) is 0.308. The molecular weight excluding hydrogens is 522 g/mol. The highest BCUT2D eigenvalue weighted by molar-refractivity contribution is 7.92. The van der Waals surface area contributed by atoms with Crippen LogP contribution in [-0.2, 0) is 15.4 Å². The molecule has 0 amide bonds. The number of hydrogen-bond donors (Lipinski definition) is 2. The van der Waals surface area contributed by atoms with E-state index in [0.717, 1.165) is 5.69 Å². The highest BCUT2D eigenvalue weighted by Crippen LogP contribution is 2.41. The normalized spacial score (nSPS) is 11.6. The highest BCUT2D eigenvalue weighted by atomic mass is 32.2. The van der Waals surface area contributed by atoms with Gasteiger partial charge in [-0.1, -0.05) is 51.1 Å². The van der Waals surface area contributed by atoms with Gasteiger partial charge in [-0.15, -0.1) is 0 Å². The Morgan fingerprint density at radius 1 is 0.897 bits per heavy atom. The first-order valence-corrected chi connectivity index (χ1v) is 13.5. The van der Waals surface area contributed by atoms with Gasteiger partial charge in [-0.05, 0) is 30.3 Å². The summed E-state index contributed by atoms with van der Waals surface area (Å²) < 4.78 is 46.3. The van der Waals surface area contributed by atoms with E-state index in [0.29, 0.717) is 5.75 Å². The van der Waals surface area contributed by atoms with E-state index in [9.17, 15) is 13.5 Å². The maximum atomic E-state index is 13.3. The van der Waals surface area contributed by atoms with E-state index in [1.165, 1.54) is 19.2 Å². The Balaban J connectivity index is 1.92. The predicted octanol–water partition coefficient (Wildman–Crippen LogP) is 4.20. The number of aliphatic hydroxyl groups is 1. The van der Waals surface area contributed by atoms with Crippen LogP contribution in [0.1, 0.15) is 26.5 Å². The number of ether oxygens (including phenoxy) is 3. The summed E-state index contributed by atoms with van der Waals surface area (Å²) in [4.78, 5) is 17.8. The van der Waals surface area contributed by atoms with Crippen molar-refractivity contribution >= 4 is 15.8 Å². The van der Waals surface area contributed by atoms with Gasteiger partial charge < -0.3 is 19.3 Å². The molecule has 0 aliphatic carbocycles. The fourth-order valence-electron chi connectivity index (χ4n) is 3.41. The number of nitrogens with one attached hydrogen (secondary N) is 1. The monoisotopic (exact) mass is 551 g/mol. The maximum absolute atomic E-state index is 13.3. The minimum absolute atomic E-state index is 0.00724. The fraction of sp³-hybridized carbons (Fsp3) is 0.259. The van der Waals surface area contributed by atoms with Crippen LogP contribution in [0, 0.1) is 0 Å². The Bertz CT molecular complexity index is 1540. The van der Waals surface area contributed by atoms with Crippen LogP contribution in [0.25, 0.3) is 11.6 Å². The minimum Gasteiger partial charge on any atom is -0.493 e. The summed E-state index contributed by atoms with van der Waals surface area (Å²) in [6.07, 6.45) is 1.58. The first-order chi connectivity index (χ1) is 18.6. The van der Waals surface area contributed by atoms with Crippen molar-refractivity contribution in [3.63, 3.8) is 0 Å². The van der Waals surface area contributed by atoms with Crippen LogP contribution in [0.3, 0.4) is 0 Å². The third-order valence-electron chi connectivity index (χ3n) is 5.35. The molecule has 2 N–H and O–H groups in total. The van der Waals surface area contributed by atoms with E-state index >= 15 is 0 Å². The molecule has 204 valence electrons. The summed E-state index contributed by atoms with van der Waals surface area (Å²) in [7, 11) is -2.63. The molecule has 0 bridgehead atoms. The van der Waals surface area contributed by atoms with Gasteiger partial charge in [-0.25, -0.2) is 23.4 Å². The number of anilines is 1.